The van der Waals surface area contributed by atoms with Crippen LogP contribution in [0.15, 0.2) is 121 Å². The smallest absolute Gasteiger partial charge is 0.308 e. The molecule has 3 nitrogen and oxygen atoms in total. The van der Waals surface area contributed by atoms with Gasteiger partial charge in [-0.25, -0.2) is 0 Å². The number of nitrogens with zero attached hydrogens (tertiary/aromatic N) is 3. The number of nitriles is 1. The minimum absolute atomic E-state index is 0.0182. The van der Waals surface area contributed by atoms with Crippen molar-refractivity contribution in [2.45, 2.75) is 20.0 Å². The molecule has 0 unspecified atom stereocenters. The maximum atomic E-state index is 14.6. The fourth-order valence-electron chi connectivity index (χ4n) is 6.95. The third-order valence-electron chi connectivity index (χ3n) is 8.91. The van der Waals surface area contributed by atoms with Crippen molar-refractivity contribution in [2.75, 3.05) is 0 Å². The highest BCUT2D eigenvalue weighted by atomic mass is 19.4. The Morgan fingerprint density at radius 3 is 1.67 bits per heavy atom. The Morgan fingerprint density at radius 2 is 1.07 bits per heavy atom. The lowest BCUT2D eigenvalue weighted by Gasteiger charge is -2.22. The Balaban J connectivity index is 1.60. The van der Waals surface area contributed by atoms with E-state index in [0.717, 1.165) is 60.8 Å². The van der Waals surface area contributed by atoms with Crippen LogP contribution in [0.1, 0.15) is 22.3 Å². The molecule has 0 aliphatic rings. The summed E-state index contributed by atoms with van der Waals surface area (Å²) < 4.78 is 47.7. The highest BCUT2D eigenvalue weighted by Gasteiger charge is 2.35. The molecule has 0 aliphatic heterocycles. The number of fused-ring (bicyclic) bond motifs is 6. The average molecular weight is 606 g/mol. The monoisotopic (exact) mass is 605 g/mol. The number of alkyl halides is 3. The first kappa shape index (κ1) is 27.7. The highest BCUT2D eigenvalue weighted by Crippen LogP contribution is 2.45. The van der Waals surface area contributed by atoms with E-state index in [1.807, 2.05) is 79.1 Å². The molecule has 0 aliphatic carbocycles. The molecule has 2 heterocycles. The van der Waals surface area contributed by atoms with Gasteiger partial charge in [0.1, 0.15) is 11.6 Å². The summed E-state index contributed by atoms with van der Waals surface area (Å²) in [6.45, 7) is 4.01. The third-order valence-corrected chi connectivity index (χ3v) is 8.91. The molecule has 0 saturated heterocycles. The number of aryl methyl sites for hydroxylation is 2. The molecular weight excluding hydrogens is 579 g/mol. The molecule has 8 rings (SSSR count). The maximum absolute atomic E-state index is 14.6. The topological polar surface area (TPSA) is 33.6 Å². The van der Waals surface area contributed by atoms with Gasteiger partial charge < -0.3 is 9.13 Å². The summed E-state index contributed by atoms with van der Waals surface area (Å²) in [6, 6.07) is 39.8. The number of aromatic nitrogens is 2. The van der Waals surface area contributed by atoms with Crippen LogP contribution in [0.3, 0.4) is 0 Å². The first-order valence-corrected chi connectivity index (χ1v) is 15.0. The lowest BCUT2D eigenvalue weighted by atomic mass is 9.94. The molecule has 0 amide bonds. The summed E-state index contributed by atoms with van der Waals surface area (Å²) in [7, 11) is 0. The molecule has 0 radical (unpaired) electrons. The van der Waals surface area contributed by atoms with Crippen molar-refractivity contribution in [3.63, 3.8) is 0 Å². The second kappa shape index (κ2) is 10.1. The summed E-state index contributed by atoms with van der Waals surface area (Å²) in [5, 5.41) is 15.1. The van der Waals surface area contributed by atoms with Gasteiger partial charge in [-0.15, -0.1) is 0 Å². The Labute approximate surface area is 263 Å². The van der Waals surface area contributed by atoms with Gasteiger partial charge in [-0.3, -0.25) is 0 Å². The Kier molecular flexibility index (Phi) is 6.10. The normalized spacial score (nSPS) is 12.0. The van der Waals surface area contributed by atoms with Crippen LogP contribution in [0, 0.1) is 25.2 Å². The molecule has 0 bridgehead atoms. The van der Waals surface area contributed by atoms with E-state index < -0.39 is 11.7 Å². The molecule has 6 aromatic carbocycles. The van der Waals surface area contributed by atoms with E-state index in [4.69, 9.17) is 0 Å². The molecule has 0 fully saturated rings. The van der Waals surface area contributed by atoms with Crippen molar-refractivity contribution in [3.8, 4) is 28.6 Å². The van der Waals surface area contributed by atoms with E-state index in [0.29, 0.717) is 16.9 Å². The van der Waals surface area contributed by atoms with Crippen molar-refractivity contribution >= 4 is 43.6 Å². The molecule has 8 aromatic rings. The zero-order chi connectivity index (χ0) is 31.7. The largest absolute Gasteiger partial charge is 0.417 e. The number of hydrogen-bond acceptors (Lipinski definition) is 1. The molecule has 0 atom stereocenters. The standard InChI is InChI=1S/C40H26F3N3/c1-24-15-17-29-27-10-4-7-13-34(27)45(37(29)21-24)36-20-19-31(26-9-3-6-12-33(26)40(41,42)43)39(32(36)23-44)46-35-14-8-5-11-28(35)30-18-16-25(2)22-38(30)46/h3-22H,1-2H3. The van der Waals surface area contributed by atoms with Crippen LogP contribution in [-0.4, -0.2) is 9.13 Å². The summed E-state index contributed by atoms with van der Waals surface area (Å²) in [4.78, 5) is 0. The fraction of sp³-hybridized carbons (Fsp3) is 0.0750. The molecule has 46 heavy (non-hydrogen) atoms. The fourth-order valence-corrected chi connectivity index (χ4v) is 6.95. The quantitative estimate of drug-likeness (QED) is 0.197. The van der Waals surface area contributed by atoms with Crippen molar-refractivity contribution in [3.05, 3.63) is 144 Å². The highest BCUT2D eigenvalue weighted by molar-refractivity contribution is 6.12. The second-order valence-corrected chi connectivity index (χ2v) is 11.8. The van der Waals surface area contributed by atoms with Gasteiger partial charge in [-0.2, -0.15) is 18.4 Å². The number of benzene rings is 6. The van der Waals surface area contributed by atoms with Gasteiger partial charge in [-0.1, -0.05) is 84.9 Å². The van der Waals surface area contributed by atoms with Gasteiger partial charge in [-0.05, 0) is 66.9 Å². The SMILES string of the molecule is Cc1ccc2c3ccccc3n(-c3ccc(-c4ccccc4C(F)(F)F)c(-n4c5ccccc5c5ccc(C)cc54)c3C#N)c2c1. The first-order chi connectivity index (χ1) is 22.3. The van der Waals surface area contributed by atoms with E-state index in [-0.39, 0.29) is 11.1 Å². The minimum atomic E-state index is -4.60. The summed E-state index contributed by atoms with van der Waals surface area (Å²) in [5.74, 6) is 0. The Hall–Kier alpha value is -5.80. The van der Waals surface area contributed by atoms with Crippen LogP contribution in [-0.2, 0) is 6.18 Å². The van der Waals surface area contributed by atoms with E-state index in [1.54, 1.807) is 18.2 Å². The van der Waals surface area contributed by atoms with Crippen LogP contribution < -0.4 is 0 Å². The Morgan fingerprint density at radius 1 is 0.543 bits per heavy atom. The van der Waals surface area contributed by atoms with E-state index >= 15 is 0 Å². The predicted molar refractivity (Wildman–Crippen MR) is 180 cm³/mol. The van der Waals surface area contributed by atoms with Crippen molar-refractivity contribution in [1.29, 1.82) is 5.26 Å². The van der Waals surface area contributed by atoms with Crippen molar-refractivity contribution < 1.29 is 13.2 Å². The van der Waals surface area contributed by atoms with Crippen LogP contribution in [0.2, 0.25) is 0 Å². The number of hydrogen-bond donors (Lipinski definition) is 0. The summed E-state index contributed by atoms with van der Waals surface area (Å²) >= 11 is 0. The van der Waals surface area contributed by atoms with Crippen molar-refractivity contribution in [1.82, 2.24) is 9.13 Å². The Bertz CT molecular complexity index is 2560. The summed E-state index contributed by atoms with van der Waals surface area (Å²) in [6.07, 6.45) is -4.60. The first-order valence-electron chi connectivity index (χ1n) is 15.0. The van der Waals surface area contributed by atoms with Crippen LogP contribution in [0.25, 0.3) is 66.1 Å². The lowest BCUT2D eigenvalue weighted by molar-refractivity contribution is -0.137. The lowest BCUT2D eigenvalue weighted by Crippen LogP contribution is -2.10. The van der Waals surface area contributed by atoms with Gasteiger partial charge in [0.15, 0.2) is 0 Å². The molecule has 0 spiro atoms. The zero-order valence-corrected chi connectivity index (χ0v) is 25.0. The summed E-state index contributed by atoms with van der Waals surface area (Å²) in [5.41, 5.74) is 6.40. The predicted octanol–water partition coefficient (Wildman–Crippen LogP) is 11.1. The molecule has 0 saturated carbocycles. The minimum Gasteiger partial charge on any atom is -0.308 e. The van der Waals surface area contributed by atoms with Gasteiger partial charge >= 0.3 is 6.18 Å². The molecule has 222 valence electrons. The maximum Gasteiger partial charge on any atom is 0.417 e. The van der Waals surface area contributed by atoms with Gasteiger partial charge in [0.25, 0.3) is 0 Å². The molecule has 2 aromatic heterocycles. The van der Waals surface area contributed by atoms with Crippen LogP contribution >= 0.6 is 0 Å². The van der Waals surface area contributed by atoms with Gasteiger partial charge in [0.2, 0.25) is 0 Å². The second-order valence-electron chi connectivity index (χ2n) is 11.8. The number of halogens is 3. The molecule has 0 N–H and O–H groups in total. The number of para-hydroxylation sites is 2. The van der Waals surface area contributed by atoms with E-state index in [1.165, 1.54) is 12.1 Å². The van der Waals surface area contributed by atoms with Gasteiger partial charge in [0, 0.05) is 27.1 Å². The number of rotatable bonds is 3. The molecular formula is C40H26F3N3. The average Bonchev–Trinajstić information content (AvgIpc) is 3.55. The third kappa shape index (κ3) is 4.05. The zero-order valence-electron chi connectivity index (χ0n) is 25.0. The van der Waals surface area contributed by atoms with Crippen LogP contribution in [0.4, 0.5) is 13.2 Å². The van der Waals surface area contributed by atoms with E-state index in [2.05, 4.69) is 34.9 Å². The van der Waals surface area contributed by atoms with Crippen molar-refractivity contribution in [2.24, 2.45) is 0 Å². The van der Waals surface area contributed by atoms with E-state index in [9.17, 15) is 18.4 Å². The van der Waals surface area contributed by atoms with Crippen LogP contribution in [0.5, 0.6) is 0 Å². The van der Waals surface area contributed by atoms with Gasteiger partial charge in [0.05, 0.1) is 39.0 Å². The molecule has 6 heteroatoms.